The van der Waals surface area contributed by atoms with Crippen LogP contribution in [-0.4, -0.2) is 108 Å². The maximum Gasteiger partial charge on any atom is 0.335 e. The number of aromatic amines is 2. The normalized spacial score (nSPS) is 13.2. The van der Waals surface area contributed by atoms with Crippen LogP contribution in [0.4, 0.5) is 13.2 Å². The van der Waals surface area contributed by atoms with Crippen molar-refractivity contribution in [1.82, 2.24) is 70.0 Å². The number of halogens is 3. The molecule has 0 unspecified atom stereocenters. The van der Waals surface area contributed by atoms with Crippen LogP contribution in [0.3, 0.4) is 0 Å². The van der Waals surface area contributed by atoms with Crippen molar-refractivity contribution < 1.29 is 47.2 Å². The summed E-state index contributed by atoms with van der Waals surface area (Å²) in [5, 5.41) is 24.8. The number of carboxylic acid groups (broad SMARTS) is 2. The number of aromatic nitrogens is 12. The number of aliphatic carboxylic acids is 1. The highest BCUT2D eigenvalue weighted by atomic mass is 19.1. The second-order valence-electron chi connectivity index (χ2n) is 23.6. The second-order valence-corrected chi connectivity index (χ2v) is 23.6. The summed E-state index contributed by atoms with van der Waals surface area (Å²) in [7, 11) is 0. The van der Waals surface area contributed by atoms with Crippen molar-refractivity contribution >= 4 is 11.9 Å². The highest BCUT2D eigenvalue weighted by Gasteiger charge is 2.26. The molecule has 8 heterocycles. The number of H-pyrrole nitrogens is 2. The maximum absolute atomic E-state index is 13.6. The molecule has 6 N–H and O–H groups in total. The van der Waals surface area contributed by atoms with Gasteiger partial charge in [0.1, 0.15) is 46.3 Å². The van der Waals surface area contributed by atoms with E-state index in [9.17, 15) is 22.8 Å². The van der Waals surface area contributed by atoms with Crippen molar-refractivity contribution in [3.8, 4) is 103 Å². The molecule has 2 aliphatic heterocycles. The highest BCUT2D eigenvalue weighted by Crippen LogP contribution is 2.38. The fraction of sp³-hybridized carbons (Fsp3) is 0.203. The molecule has 6 aromatic heterocycles. The minimum atomic E-state index is -1.01. The van der Waals surface area contributed by atoms with E-state index in [2.05, 4.69) is 73.9 Å². The van der Waals surface area contributed by atoms with Gasteiger partial charge in [0.2, 0.25) is 0 Å². The lowest BCUT2D eigenvalue weighted by Gasteiger charge is -2.25. The Labute approximate surface area is 561 Å². The van der Waals surface area contributed by atoms with Crippen molar-refractivity contribution in [1.29, 1.82) is 0 Å². The molecule has 0 saturated carbocycles. The number of benzene rings is 6. The van der Waals surface area contributed by atoms with Gasteiger partial charge in [-0.3, -0.25) is 4.79 Å². The fourth-order valence-corrected chi connectivity index (χ4v) is 11.2. The topological polar surface area (TPSA) is 279 Å². The molecular formula is C74H67F3N14O7. The van der Waals surface area contributed by atoms with Gasteiger partial charge in [0.25, 0.3) is 0 Å². The summed E-state index contributed by atoms with van der Waals surface area (Å²) in [6, 6.07) is 45.4. The zero-order valence-corrected chi connectivity index (χ0v) is 53.5. The zero-order valence-electron chi connectivity index (χ0n) is 53.5. The Bertz CT molecular complexity index is 4670. The number of hydrogen-bond acceptors (Lipinski definition) is 16. The van der Waals surface area contributed by atoms with E-state index in [1.165, 1.54) is 48.5 Å². The predicted molar refractivity (Wildman–Crippen MR) is 361 cm³/mol. The molecule has 0 atom stereocenters. The largest absolute Gasteiger partial charge is 0.481 e. The molecule has 2 saturated heterocycles. The number of imidazole rings is 3. The number of aryl methyl sites for hydroxylation is 1. The Morgan fingerprint density at radius 1 is 0.510 bits per heavy atom. The molecular weight excluding hydrogens is 1250 g/mol. The average Bonchev–Trinajstić information content (AvgIpc) is 1.68. The van der Waals surface area contributed by atoms with E-state index in [1.54, 1.807) is 104 Å². The molecule has 0 radical (unpaired) electrons. The summed E-state index contributed by atoms with van der Waals surface area (Å²) in [4.78, 5) is 69.5. The third-order valence-electron chi connectivity index (χ3n) is 16.2. The Balaban J connectivity index is 0.000000141. The minimum Gasteiger partial charge on any atom is -0.481 e. The lowest BCUT2D eigenvalue weighted by molar-refractivity contribution is -0.136. The summed E-state index contributed by atoms with van der Waals surface area (Å²) in [6.07, 6.45) is 10.5. The Kier molecular flexibility index (Phi) is 20.8. The first kappa shape index (κ1) is 66.3. The summed E-state index contributed by atoms with van der Waals surface area (Å²) in [5.74, 6) is 0.977. The summed E-state index contributed by atoms with van der Waals surface area (Å²) < 4.78 is 60.1. The van der Waals surface area contributed by atoms with Crippen molar-refractivity contribution in [2.45, 2.75) is 70.8 Å². The molecule has 12 aromatic rings. The van der Waals surface area contributed by atoms with Gasteiger partial charge in [-0.2, -0.15) is 15.0 Å². The lowest BCUT2D eigenvalue weighted by Crippen LogP contribution is -2.29. The Hall–Kier alpha value is -11.8. The van der Waals surface area contributed by atoms with Crippen LogP contribution in [0.1, 0.15) is 90.5 Å². The molecule has 24 heteroatoms. The Morgan fingerprint density at radius 2 is 0.949 bits per heavy atom. The number of hydrogen-bond donors (Lipinski definition) is 6. The number of ether oxygens (including phenoxy) is 3. The van der Waals surface area contributed by atoms with Gasteiger partial charge in [0.15, 0.2) is 0 Å². The van der Waals surface area contributed by atoms with Gasteiger partial charge in [-0.05, 0) is 204 Å². The van der Waals surface area contributed by atoms with Crippen molar-refractivity contribution in [2.75, 3.05) is 26.2 Å². The quantitative estimate of drug-likeness (QED) is 0.0466. The first-order chi connectivity index (χ1) is 47.6. The van der Waals surface area contributed by atoms with E-state index in [1.807, 2.05) is 43.6 Å². The summed E-state index contributed by atoms with van der Waals surface area (Å²) in [5.41, 5.74) is 10.6. The van der Waals surface area contributed by atoms with Gasteiger partial charge in [0, 0.05) is 53.2 Å². The number of carbonyl (C=O) groups is 2. The molecule has 98 heavy (non-hydrogen) atoms. The number of piperidine rings is 2. The summed E-state index contributed by atoms with van der Waals surface area (Å²) in [6.45, 7) is 9.83. The van der Waals surface area contributed by atoms with Crippen LogP contribution in [0.25, 0.3) is 67.9 Å². The van der Waals surface area contributed by atoms with Gasteiger partial charge < -0.3 is 49.6 Å². The number of nitrogens with zero attached hydrogens (tertiary/aromatic N) is 10. The molecule has 496 valence electrons. The van der Waals surface area contributed by atoms with E-state index < -0.39 is 11.9 Å². The van der Waals surface area contributed by atoms with E-state index in [0.717, 1.165) is 97.2 Å². The fourth-order valence-electron chi connectivity index (χ4n) is 11.2. The standard InChI is InChI=1S/C26H24FN5O3.C25H22FN5O3.C23H21FN4O/c27-19-5-3-18(4-6-19)24-25(32(16-30-24)20-9-12-28-13-10-20)22-11-14-29-26(31-22)35-21-7-1-17(2-8-21)15-23(33)34;26-18-5-1-15(2-6-18)21-22(31-23(30-21)16-9-12-27-13-10-16)20-11-14-28-25(29-20)34-19-7-3-17(4-8-19)24(32)33;1-14(2)22-27-20(16-6-8-17(24)9-7-16)21(28-22)19-12-13-25-23(26-19)29-18-10-4-15(3)5-11-18/h1-8,11,14,16,20,28H,9-10,12-13,15H2,(H,33,34);1-8,11,14,16,27H,9-10,12-13H2,(H,30,31)(H,32,33);4-14H,1-3H3,(H,27,28). The minimum absolute atomic E-state index is 0.0564. The molecule has 21 nitrogen and oxygen atoms in total. The van der Waals surface area contributed by atoms with Crippen LogP contribution < -0.4 is 24.8 Å². The van der Waals surface area contributed by atoms with Crippen LogP contribution in [0, 0.1) is 24.4 Å². The average molecular weight is 1320 g/mol. The first-order valence-corrected chi connectivity index (χ1v) is 31.8. The van der Waals surface area contributed by atoms with E-state index in [4.69, 9.17) is 34.4 Å². The van der Waals surface area contributed by atoms with Gasteiger partial charge in [-0.15, -0.1) is 0 Å². The van der Waals surface area contributed by atoms with Gasteiger partial charge in [0.05, 0.1) is 69.6 Å². The maximum atomic E-state index is 13.6. The van der Waals surface area contributed by atoms with Gasteiger partial charge >= 0.3 is 30.0 Å². The Morgan fingerprint density at radius 3 is 1.44 bits per heavy atom. The molecule has 2 fully saturated rings. The number of carboxylic acids is 2. The molecule has 0 bridgehead atoms. The smallest absolute Gasteiger partial charge is 0.335 e. The van der Waals surface area contributed by atoms with E-state index >= 15 is 0 Å². The van der Waals surface area contributed by atoms with E-state index in [0.29, 0.717) is 68.6 Å². The van der Waals surface area contributed by atoms with Crippen molar-refractivity contribution in [3.63, 3.8) is 0 Å². The predicted octanol–water partition coefficient (Wildman–Crippen LogP) is 15.0. The molecule has 0 spiro atoms. The molecule has 2 aliphatic rings. The van der Waals surface area contributed by atoms with Gasteiger partial charge in [-0.25, -0.2) is 47.9 Å². The lowest BCUT2D eigenvalue weighted by atomic mass is 9.98. The van der Waals surface area contributed by atoms with Crippen LogP contribution in [0.5, 0.6) is 35.3 Å². The highest BCUT2D eigenvalue weighted by molar-refractivity contribution is 5.87. The molecule has 14 rings (SSSR count). The van der Waals surface area contributed by atoms with Crippen LogP contribution in [0.15, 0.2) is 189 Å². The van der Waals surface area contributed by atoms with E-state index in [-0.39, 0.29) is 59.4 Å². The van der Waals surface area contributed by atoms with Crippen molar-refractivity contribution in [3.05, 3.63) is 235 Å². The first-order valence-electron chi connectivity index (χ1n) is 31.8. The van der Waals surface area contributed by atoms with Gasteiger partial charge in [-0.1, -0.05) is 43.7 Å². The van der Waals surface area contributed by atoms with Crippen LogP contribution >= 0.6 is 0 Å². The van der Waals surface area contributed by atoms with Crippen molar-refractivity contribution in [2.24, 2.45) is 0 Å². The second kappa shape index (κ2) is 30.8. The zero-order chi connectivity index (χ0) is 68.1. The van der Waals surface area contributed by atoms with Crippen LogP contribution in [0.2, 0.25) is 0 Å². The SMILES string of the molecule is Cc1ccc(Oc2nccc(-c3[nH]c(C(C)C)nc3-c3ccc(F)cc3)n2)cc1.O=C(O)Cc1ccc(Oc2nccc(-c3c(-c4ccc(F)cc4)ncn3C3CCNCC3)n2)cc1.O=C(O)c1ccc(Oc2nccc(-c3[nH]c(C4CCNCC4)nc3-c3ccc(F)cc3)n2)cc1. The summed E-state index contributed by atoms with van der Waals surface area (Å²) >= 11 is 0. The number of rotatable bonds is 18. The molecule has 0 aliphatic carbocycles. The van der Waals surface area contributed by atoms with Crippen LogP contribution in [-0.2, 0) is 11.2 Å². The monoisotopic (exact) mass is 1320 g/mol. The molecule has 6 aromatic carbocycles. The molecule has 0 amide bonds. The third kappa shape index (κ3) is 16.6. The third-order valence-corrected chi connectivity index (χ3v) is 16.2. The number of aromatic carboxylic acids is 1. The number of nitrogens with one attached hydrogen (secondary N) is 4.